The van der Waals surface area contributed by atoms with Crippen molar-refractivity contribution < 1.29 is 14.7 Å². The number of nitrogens with zero attached hydrogens (tertiary/aromatic N) is 2. The summed E-state index contributed by atoms with van der Waals surface area (Å²) in [6, 6.07) is 0. The molecule has 19 heavy (non-hydrogen) atoms. The van der Waals surface area contributed by atoms with Crippen LogP contribution in [0.2, 0.25) is 0 Å². The predicted octanol–water partition coefficient (Wildman–Crippen LogP) is 1.42. The molecule has 0 fully saturated rings. The smallest absolute Gasteiger partial charge is 0.303 e. The fourth-order valence-corrected chi connectivity index (χ4v) is 1.73. The van der Waals surface area contributed by atoms with Crippen LogP contribution in [-0.4, -0.2) is 33.1 Å². The van der Waals surface area contributed by atoms with E-state index in [1.54, 1.807) is 6.20 Å². The van der Waals surface area contributed by atoms with Crippen molar-refractivity contribution in [1.29, 1.82) is 0 Å². The van der Waals surface area contributed by atoms with E-state index in [2.05, 4.69) is 10.3 Å². The third-order valence-corrected chi connectivity index (χ3v) is 2.79. The van der Waals surface area contributed by atoms with Crippen LogP contribution in [0.3, 0.4) is 0 Å². The average molecular weight is 267 g/mol. The lowest BCUT2D eigenvalue weighted by atomic mass is 10.2. The molecule has 0 aliphatic heterocycles. The molecule has 0 saturated carbocycles. The van der Waals surface area contributed by atoms with Crippen LogP contribution in [0.25, 0.3) is 0 Å². The van der Waals surface area contributed by atoms with Crippen molar-refractivity contribution in [3.05, 3.63) is 18.7 Å². The first-order valence-corrected chi connectivity index (χ1v) is 6.62. The molecule has 1 heterocycles. The van der Waals surface area contributed by atoms with Crippen molar-refractivity contribution in [1.82, 2.24) is 14.9 Å². The molecule has 1 amide bonds. The van der Waals surface area contributed by atoms with Crippen molar-refractivity contribution in [2.75, 3.05) is 6.54 Å². The van der Waals surface area contributed by atoms with Gasteiger partial charge in [0, 0.05) is 31.9 Å². The number of carbonyl (C=O) groups is 2. The number of carbonyl (C=O) groups excluding carboxylic acids is 1. The van der Waals surface area contributed by atoms with Crippen LogP contribution < -0.4 is 5.32 Å². The first-order chi connectivity index (χ1) is 9.18. The van der Waals surface area contributed by atoms with Gasteiger partial charge in [0.1, 0.15) is 0 Å². The summed E-state index contributed by atoms with van der Waals surface area (Å²) >= 11 is 0. The van der Waals surface area contributed by atoms with E-state index in [9.17, 15) is 9.59 Å². The number of carboxylic acids is 1. The summed E-state index contributed by atoms with van der Waals surface area (Å²) in [5.74, 6) is -1.12. The highest BCUT2D eigenvalue weighted by molar-refractivity contribution is 5.80. The Hall–Kier alpha value is -1.85. The van der Waals surface area contributed by atoms with E-state index in [1.807, 2.05) is 17.1 Å². The van der Waals surface area contributed by atoms with Gasteiger partial charge < -0.3 is 15.0 Å². The highest BCUT2D eigenvalue weighted by Gasteiger charge is 2.03. The minimum Gasteiger partial charge on any atom is -0.481 e. The Balaban J connectivity index is 1.88. The molecule has 0 atom stereocenters. The molecule has 2 N–H and O–H groups in total. The van der Waals surface area contributed by atoms with Crippen LogP contribution in [-0.2, 0) is 16.1 Å². The van der Waals surface area contributed by atoms with Gasteiger partial charge in [0.2, 0.25) is 5.91 Å². The Morgan fingerprint density at radius 3 is 2.63 bits per heavy atom. The van der Waals surface area contributed by atoms with Gasteiger partial charge in [-0.15, -0.1) is 0 Å². The normalized spacial score (nSPS) is 10.3. The van der Waals surface area contributed by atoms with Crippen LogP contribution in [0.1, 0.15) is 38.5 Å². The summed E-state index contributed by atoms with van der Waals surface area (Å²) in [5.41, 5.74) is 0. The highest BCUT2D eigenvalue weighted by atomic mass is 16.4. The summed E-state index contributed by atoms with van der Waals surface area (Å²) in [5, 5.41) is 11.1. The van der Waals surface area contributed by atoms with E-state index in [-0.39, 0.29) is 18.7 Å². The number of unbranched alkanes of at least 4 members (excludes halogenated alkanes) is 3. The number of imidazole rings is 1. The Morgan fingerprint density at radius 2 is 1.95 bits per heavy atom. The average Bonchev–Trinajstić information content (AvgIpc) is 2.88. The van der Waals surface area contributed by atoms with E-state index >= 15 is 0 Å². The number of nitrogens with one attached hydrogen (secondary N) is 1. The minimum atomic E-state index is -0.936. The molecule has 1 aromatic rings. The lowest BCUT2D eigenvalue weighted by Crippen LogP contribution is -2.24. The summed E-state index contributed by atoms with van der Waals surface area (Å²) in [6.45, 7) is 1.61. The van der Waals surface area contributed by atoms with Gasteiger partial charge in [0.25, 0.3) is 0 Å². The zero-order valence-electron chi connectivity index (χ0n) is 11.0. The second-order valence-electron chi connectivity index (χ2n) is 4.46. The van der Waals surface area contributed by atoms with E-state index in [0.29, 0.717) is 6.54 Å². The highest BCUT2D eigenvalue weighted by Crippen LogP contribution is 2.01. The molecule has 0 radical (unpaired) electrons. The maximum absolute atomic E-state index is 11.2. The molecule has 6 nitrogen and oxygen atoms in total. The maximum Gasteiger partial charge on any atom is 0.303 e. The molecule has 0 bridgehead atoms. The van der Waals surface area contributed by atoms with E-state index in [4.69, 9.17) is 5.11 Å². The fourth-order valence-electron chi connectivity index (χ4n) is 1.73. The van der Waals surface area contributed by atoms with Gasteiger partial charge >= 0.3 is 5.97 Å². The molecule has 0 aromatic carbocycles. The van der Waals surface area contributed by atoms with Crippen molar-refractivity contribution >= 4 is 11.9 Å². The van der Waals surface area contributed by atoms with Crippen molar-refractivity contribution in [3.8, 4) is 0 Å². The SMILES string of the molecule is O=C(O)CCC(=O)NCCCCCCn1ccnc1. The van der Waals surface area contributed by atoms with Crippen molar-refractivity contribution in [2.24, 2.45) is 0 Å². The quantitative estimate of drug-likeness (QED) is 0.628. The fraction of sp³-hybridized carbons (Fsp3) is 0.615. The molecule has 1 rings (SSSR count). The number of carboxylic acid groups (broad SMARTS) is 1. The standard InChI is InChI=1S/C13H21N3O3/c17-12(5-6-13(18)19)15-7-3-1-2-4-9-16-10-8-14-11-16/h8,10-11H,1-7,9H2,(H,15,17)(H,18,19). The van der Waals surface area contributed by atoms with E-state index in [1.165, 1.54) is 0 Å². The first-order valence-electron chi connectivity index (χ1n) is 6.62. The summed E-state index contributed by atoms with van der Waals surface area (Å²) < 4.78 is 2.05. The molecule has 0 saturated heterocycles. The number of aliphatic carboxylic acids is 1. The summed E-state index contributed by atoms with van der Waals surface area (Å²) in [4.78, 5) is 25.4. The zero-order valence-corrected chi connectivity index (χ0v) is 11.0. The van der Waals surface area contributed by atoms with Gasteiger partial charge in [-0.2, -0.15) is 0 Å². The van der Waals surface area contributed by atoms with Gasteiger partial charge in [0.05, 0.1) is 12.7 Å². The molecular formula is C13H21N3O3. The second-order valence-corrected chi connectivity index (χ2v) is 4.46. The molecule has 1 aromatic heterocycles. The van der Waals surface area contributed by atoms with Gasteiger partial charge in [-0.05, 0) is 12.8 Å². The number of aromatic nitrogens is 2. The molecule has 6 heteroatoms. The minimum absolute atomic E-state index is 0.0654. The van der Waals surface area contributed by atoms with Crippen molar-refractivity contribution in [3.63, 3.8) is 0 Å². The number of rotatable bonds is 10. The number of aryl methyl sites for hydroxylation is 1. The second kappa shape index (κ2) is 9.13. The topological polar surface area (TPSA) is 84.2 Å². The van der Waals surface area contributed by atoms with Gasteiger partial charge in [-0.3, -0.25) is 9.59 Å². The van der Waals surface area contributed by atoms with E-state index in [0.717, 1.165) is 32.2 Å². The monoisotopic (exact) mass is 267 g/mol. The lowest BCUT2D eigenvalue weighted by Gasteiger charge is -2.05. The van der Waals surface area contributed by atoms with Gasteiger partial charge in [0.15, 0.2) is 0 Å². The zero-order chi connectivity index (χ0) is 13.9. The molecule has 106 valence electrons. The first kappa shape index (κ1) is 15.2. The molecule has 0 aliphatic carbocycles. The van der Waals surface area contributed by atoms with Gasteiger partial charge in [-0.1, -0.05) is 12.8 Å². The molecule has 0 spiro atoms. The Labute approximate surface area is 112 Å². The van der Waals surface area contributed by atoms with Crippen LogP contribution in [0.4, 0.5) is 0 Å². The molecule has 0 unspecified atom stereocenters. The Bertz CT molecular complexity index is 376. The summed E-state index contributed by atoms with van der Waals surface area (Å²) in [7, 11) is 0. The number of hydrogen-bond donors (Lipinski definition) is 2. The van der Waals surface area contributed by atoms with Crippen LogP contribution in [0, 0.1) is 0 Å². The molecular weight excluding hydrogens is 246 g/mol. The lowest BCUT2D eigenvalue weighted by molar-refractivity contribution is -0.138. The largest absolute Gasteiger partial charge is 0.481 e. The van der Waals surface area contributed by atoms with Crippen LogP contribution >= 0.6 is 0 Å². The van der Waals surface area contributed by atoms with Crippen LogP contribution in [0.15, 0.2) is 18.7 Å². The summed E-state index contributed by atoms with van der Waals surface area (Å²) in [6.07, 6.45) is 9.70. The van der Waals surface area contributed by atoms with E-state index < -0.39 is 5.97 Å². The predicted molar refractivity (Wildman–Crippen MR) is 70.6 cm³/mol. The molecule has 0 aliphatic rings. The van der Waals surface area contributed by atoms with Gasteiger partial charge in [-0.25, -0.2) is 4.98 Å². The maximum atomic E-state index is 11.2. The third kappa shape index (κ3) is 7.96. The Kier molecular flexibility index (Phi) is 7.31. The Morgan fingerprint density at radius 1 is 1.16 bits per heavy atom. The van der Waals surface area contributed by atoms with Crippen LogP contribution in [0.5, 0.6) is 0 Å². The third-order valence-electron chi connectivity index (χ3n) is 2.79. The number of amides is 1. The van der Waals surface area contributed by atoms with Crippen molar-refractivity contribution in [2.45, 2.75) is 45.1 Å². The number of hydrogen-bond acceptors (Lipinski definition) is 3.